The number of alkyl halides is 1. The van der Waals surface area contributed by atoms with E-state index in [1.165, 1.54) is 0 Å². The lowest BCUT2D eigenvalue weighted by atomic mass is 9.98. The van der Waals surface area contributed by atoms with Gasteiger partial charge in [0.2, 0.25) is 5.91 Å². The SMILES string of the molecule is NC(=O)c1ccccc1CC(CCF)NCC(=O)c1ccccc1. The fourth-order valence-electron chi connectivity index (χ4n) is 2.58. The summed E-state index contributed by atoms with van der Waals surface area (Å²) in [5.41, 5.74) is 7.17. The zero-order chi connectivity index (χ0) is 17.4. The minimum atomic E-state index is -0.509. The van der Waals surface area contributed by atoms with Crippen LogP contribution >= 0.6 is 0 Å². The second-order valence-electron chi connectivity index (χ2n) is 5.57. The second kappa shape index (κ2) is 8.93. The summed E-state index contributed by atoms with van der Waals surface area (Å²) in [6, 6.07) is 15.7. The summed E-state index contributed by atoms with van der Waals surface area (Å²) in [6.07, 6.45) is 0.695. The molecule has 0 aliphatic heterocycles. The van der Waals surface area contributed by atoms with Crippen LogP contribution in [0.3, 0.4) is 0 Å². The van der Waals surface area contributed by atoms with Crippen molar-refractivity contribution in [3.05, 3.63) is 71.3 Å². The molecule has 1 atom stereocenters. The molecule has 0 fully saturated rings. The first-order valence-electron chi connectivity index (χ1n) is 7.87. The minimum absolute atomic E-state index is 0.0531. The standard InChI is InChI=1S/C19H21FN2O2/c20-11-10-16(12-15-8-4-5-9-17(15)19(21)24)22-13-18(23)14-6-2-1-3-7-14/h1-9,16,22H,10-13H2,(H2,21,24). The summed E-state index contributed by atoms with van der Waals surface area (Å²) >= 11 is 0. The summed E-state index contributed by atoms with van der Waals surface area (Å²) in [5, 5.41) is 3.09. The highest BCUT2D eigenvalue weighted by Crippen LogP contribution is 2.12. The molecular formula is C19H21FN2O2. The van der Waals surface area contributed by atoms with E-state index in [1.807, 2.05) is 12.1 Å². The van der Waals surface area contributed by atoms with E-state index < -0.39 is 12.6 Å². The van der Waals surface area contributed by atoms with E-state index in [9.17, 15) is 14.0 Å². The van der Waals surface area contributed by atoms with Gasteiger partial charge in [0.1, 0.15) is 0 Å². The van der Waals surface area contributed by atoms with Gasteiger partial charge in [-0.15, -0.1) is 0 Å². The third kappa shape index (κ3) is 4.99. The van der Waals surface area contributed by atoms with Crippen molar-refractivity contribution in [2.24, 2.45) is 5.73 Å². The molecule has 1 amide bonds. The van der Waals surface area contributed by atoms with Crippen molar-refractivity contribution < 1.29 is 14.0 Å². The van der Waals surface area contributed by atoms with Gasteiger partial charge in [0.15, 0.2) is 5.78 Å². The molecule has 0 aliphatic rings. The normalized spacial score (nSPS) is 11.9. The van der Waals surface area contributed by atoms with Crippen molar-refractivity contribution in [2.45, 2.75) is 18.9 Å². The van der Waals surface area contributed by atoms with Crippen molar-refractivity contribution in [2.75, 3.05) is 13.2 Å². The molecule has 0 spiro atoms. The molecule has 0 aromatic heterocycles. The molecule has 0 bridgehead atoms. The topological polar surface area (TPSA) is 72.2 Å². The highest BCUT2D eigenvalue weighted by Gasteiger charge is 2.15. The molecule has 4 nitrogen and oxygen atoms in total. The Hall–Kier alpha value is -2.53. The van der Waals surface area contributed by atoms with Crippen LogP contribution < -0.4 is 11.1 Å². The van der Waals surface area contributed by atoms with Crippen LogP contribution in [-0.2, 0) is 6.42 Å². The van der Waals surface area contributed by atoms with E-state index in [-0.39, 0.29) is 24.8 Å². The van der Waals surface area contributed by atoms with Crippen LogP contribution in [0, 0.1) is 0 Å². The Morgan fingerprint density at radius 1 is 1.04 bits per heavy atom. The van der Waals surface area contributed by atoms with Gasteiger partial charge in [-0.1, -0.05) is 48.5 Å². The smallest absolute Gasteiger partial charge is 0.248 e. The number of carbonyl (C=O) groups is 2. The maximum Gasteiger partial charge on any atom is 0.248 e. The minimum Gasteiger partial charge on any atom is -0.366 e. The number of halogens is 1. The number of ketones is 1. The highest BCUT2D eigenvalue weighted by molar-refractivity contribution is 5.97. The maximum absolute atomic E-state index is 12.8. The zero-order valence-corrected chi connectivity index (χ0v) is 13.4. The van der Waals surface area contributed by atoms with Gasteiger partial charge in [-0.05, 0) is 24.5 Å². The first-order valence-corrected chi connectivity index (χ1v) is 7.87. The fraction of sp³-hybridized carbons (Fsp3) is 0.263. The number of nitrogens with two attached hydrogens (primary N) is 1. The number of hydrogen-bond acceptors (Lipinski definition) is 3. The largest absolute Gasteiger partial charge is 0.366 e. The molecule has 1 unspecified atom stereocenters. The number of amides is 1. The van der Waals surface area contributed by atoms with Gasteiger partial charge in [0, 0.05) is 17.2 Å². The summed E-state index contributed by atoms with van der Waals surface area (Å²) in [7, 11) is 0. The quantitative estimate of drug-likeness (QED) is 0.695. The van der Waals surface area contributed by atoms with Crippen LogP contribution in [0.4, 0.5) is 4.39 Å². The van der Waals surface area contributed by atoms with Gasteiger partial charge in [-0.2, -0.15) is 0 Å². The summed E-state index contributed by atoms with van der Waals surface area (Å²) < 4.78 is 12.8. The van der Waals surface area contributed by atoms with Crippen molar-refractivity contribution >= 4 is 11.7 Å². The lowest BCUT2D eigenvalue weighted by molar-refractivity contribution is 0.0980. The number of primary amides is 1. The molecule has 0 saturated carbocycles. The van der Waals surface area contributed by atoms with E-state index in [0.29, 0.717) is 17.5 Å². The Balaban J connectivity index is 2.02. The average molecular weight is 328 g/mol. The lowest BCUT2D eigenvalue weighted by Crippen LogP contribution is -2.36. The number of nitrogens with one attached hydrogen (secondary N) is 1. The molecule has 3 N–H and O–H groups in total. The molecule has 2 rings (SSSR count). The maximum atomic E-state index is 12.8. The molecule has 5 heteroatoms. The van der Waals surface area contributed by atoms with Crippen molar-refractivity contribution in [3.63, 3.8) is 0 Å². The Bertz CT molecular complexity index is 689. The molecule has 0 saturated heterocycles. The van der Waals surface area contributed by atoms with Crippen molar-refractivity contribution in [1.82, 2.24) is 5.32 Å². The fourth-order valence-corrected chi connectivity index (χ4v) is 2.58. The summed E-state index contributed by atoms with van der Waals surface area (Å²) in [5.74, 6) is -0.562. The predicted molar refractivity (Wildman–Crippen MR) is 91.8 cm³/mol. The molecule has 0 aliphatic carbocycles. The Labute approximate surface area is 140 Å². The number of benzene rings is 2. The third-order valence-corrected chi connectivity index (χ3v) is 3.85. The van der Waals surface area contributed by atoms with Crippen LogP contribution in [0.1, 0.15) is 32.7 Å². The van der Waals surface area contributed by atoms with Gasteiger partial charge in [-0.3, -0.25) is 14.0 Å². The third-order valence-electron chi connectivity index (χ3n) is 3.85. The van der Waals surface area contributed by atoms with E-state index in [1.54, 1.807) is 42.5 Å². The van der Waals surface area contributed by atoms with Crippen LogP contribution in [-0.4, -0.2) is 31.0 Å². The molecule has 2 aromatic carbocycles. The van der Waals surface area contributed by atoms with Crippen molar-refractivity contribution in [3.8, 4) is 0 Å². The number of carbonyl (C=O) groups excluding carboxylic acids is 2. The van der Waals surface area contributed by atoms with Gasteiger partial charge in [0.05, 0.1) is 13.2 Å². The van der Waals surface area contributed by atoms with E-state index in [2.05, 4.69) is 5.32 Å². The van der Waals surface area contributed by atoms with Gasteiger partial charge < -0.3 is 11.1 Å². The van der Waals surface area contributed by atoms with Crippen LogP contribution in [0.2, 0.25) is 0 Å². The van der Waals surface area contributed by atoms with Gasteiger partial charge >= 0.3 is 0 Å². The summed E-state index contributed by atoms with van der Waals surface area (Å²) in [6.45, 7) is -0.386. The Morgan fingerprint density at radius 3 is 2.38 bits per heavy atom. The van der Waals surface area contributed by atoms with Gasteiger partial charge in [0.25, 0.3) is 0 Å². The van der Waals surface area contributed by atoms with E-state index in [4.69, 9.17) is 5.73 Å². The van der Waals surface area contributed by atoms with Crippen LogP contribution in [0.25, 0.3) is 0 Å². The number of hydrogen-bond donors (Lipinski definition) is 2. The highest BCUT2D eigenvalue weighted by atomic mass is 19.1. The van der Waals surface area contributed by atoms with Crippen LogP contribution in [0.5, 0.6) is 0 Å². The molecule has 2 aromatic rings. The second-order valence-corrected chi connectivity index (χ2v) is 5.57. The molecular weight excluding hydrogens is 307 g/mol. The molecule has 0 radical (unpaired) electrons. The summed E-state index contributed by atoms with van der Waals surface area (Å²) in [4.78, 5) is 23.6. The zero-order valence-electron chi connectivity index (χ0n) is 13.4. The van der Waals surface area contributed by atoms with Crippen LogP contribution in [0.15, 0.2) is 54.6 Å². The van der Waals surface area contributed by atoms with E-state index >= 15 is 0 Å². The number of Topliss-reactive ketones (excluding diaryl/α,β-unsaturated/α-hetero) is 1. The monoisotopic (exact) mass is 328 g/mol. The first-order chi connectivity index (χ1) is 11.6. The lowest BCUT2D eigenvalue weighted by Gasteiger charge is -2.18. The predicted octanol–water partition coefficient (Wildman–Crippen LogP) is 2.53. The number of rotatable bonds is 9. The van der Waals surface area contributed by atoms with E-state index in [0.717, 1.165) is 5.56 Å². The molecule has 126 valence electrons. The Morgan fingerprint density at radius 2 is 1.71 bits per heavy atom. The average Bonchev–Trinajstić information content (AvgIpc) is 2.60. The van der Waals surface area contributed by atoms with Gasteiger partial charge in [-0.25, -0.2) is 0 Å². The molecule has 0 heterocycles. The first kappa shape index (κ1) is 17.8. The Kier molecular flexibility index (Phi) is 6.63. The molecule has 24 heavy (non-hydrogen) atoms. The van der Waals surface area contributed by atoms with Crippen molar-refractivity contribution in [1.29, 1.82) is 0 Å².